The van der Waals surface area contributed by atoms with Gasteiger partial charge in [0.1, 0.15) is 5.78 Å². The fourth-order valence-corrected chi connectivity index (χ4v) is 0.215. The monoisotopic (exact) mass is 140 g/mol. The summed E-state index contributed by atoms with van der Waals surface area (Å²) < 4.78 is 0. The summed E-state index contributed by atoms with van der Waals surface area (Å²) in [6.07, 6.45) is 5.75. The number of H-pyrrole nitrogens is 1. The first-order valence-corrected chi connectivity index (χ1v) is 3.19. The Bertz CT molecular complexity index is 141. The molecule has 3 nitrogen and oxygen atoms in total. The van der Waals surface area contributed by atoms with Crippen molar-refractivity contribution in [3.63, 3.8) is 0 Å². The summed E-state index contributed by atoms with van der Waals surface area (Å²) in [4.78, 5) is 16.2. The fourth-order valence-electron chi connectivity index (χ4n) is 0.215. The fraction of sp³-hybridized carbons (Fsp3) is 0.429. The number of carbonyl (C=O) groups is 1. The second-order valence-corrected chi connectivity index (χ2v) is 1.82. The molecule has 0 saturated heterocycles. The maximum atomic E-state index is 9.81. The van der Waals surface area contributed by atoms with Gasteiger partial charge < -0.3 is 9.78 Å². The Balaban J connectivity index is 0.000000162. The Morgan fingerprint density at radius 1 is 1.70 bits per heavy atom. The quantitative estimate of drug-likeness (QED) is 0.640. The zero-order valence-electron chi connectivity index (χ0n) is 6.29. The molecule has 0 saturated carbocycles. The number of nitrogens with one attached hydrogen (secondary N) is 1. The summed E-state index contributed by atoms with van der Waals surface area (Å²) in [7, 11) is 0. The standard InChI is InChI=1S/C4H8O.C3H4N2/c1-3-4(2)5;1-2-5-3-4-1/h3H2,1-2H3;1-3H,(H,4,5). The number of Topliss-reactive ketones (excluding diaryl/α,β-unsaturated/α-hetero) is 1. The molecule has 0 aromatic carbocycles. The molecule has 0 amide bonds. The van der Waals surface area contributed by atoms with Crippen LogP contribution < -0.4 is 0 Å². The minimum Gasteiger partial charge on any atom is -0.351 e. The predicted octanol–water partition coefficient (Wildman–Crippen LogP) is 1.40. The first kappa shape index (κ1) is 8.88. The van der Waals surface area contributed by atoms with Crippen molar-refractivity contribution in [1.82, 2.24) is 9.97 Å². The minimum absolute atomic E-state index is 0.255. The lowest BCUT2D eigenvalue weighted by atomic mass is 10.4. The largest absolute Gasteiger partial charge is 0.351 e. The molecule has 0 spiro atoms. The van der Waals surface area contributed by atoms with Crippen molar-refractivity contribution in [2.45, 2.75) is 20.3 Å². The highest BCUT2D eigenvalue weighted by atomic mass is 16.1. The molecule has 0 unspecified atom stereocenters. The smallest absolute Gasteiger partial charge is 0.129 e. The molecular weight excluding hydrogens is 128 g/mol. The molecule has 10 heavy (non-hydrogen) atoms. The highest BCUT2D eigenvalue weighted by molar-refractivity contribution is 5.74. The average molecular weight is 140 g/mol. The molecule has 0 aliphatic rings. The van der Waals surface area contributed by atoms with Crippen LogP contribution in [0, 0.1) is 0 Å². The van der Waals surface area contributed by atoms with E-state index in [1.54, 1.807) is 25.6 Å². The number of hydrogen-bond donors (Lipinski definition) is 1. The molecule has 0 aliphatic heterocycles. The lowest BCUT2D eigenvalue weighted by Crippen LogP contribution is -1.80. The zero-order valence-corrected chi connectivity index (χ0v) is 6.29. The summed E-state index contributed by atoms with van der Waals surface area (Å²) in [5.41, 5.74) is 0. The molecule has 0 radical (unpaired) electrons. The maximum Gasteiger partial charge on any atom is 0.129 e. The lowest BCUT2D eigenvalue weighted by molar-refractivity contribution is -0.116. The molecule has 1 aromatic rings. The van der Waals surface area contributed by atoms with Gasteiger partial charge in [-0.05, 0) is 6.92 Å². The van der Waals surface area contributed by atoms with Crippen molar-refractivity contribution >= 4 is 5.78 Å². The van der Waals surface area contributed by atoms with Gasteiger partial charge >= 0.3 is 0 Å². The molecule has 0 atom stereocenters. The van der Waals surface area contributed by atoms with Crippen LogP contribution in [0.1, 0.15) is 20.3 Å². The molecule has 1 N–H and O–H groups in total. The highest BCUT2D eigenvalue weighted by Crippen LogP contribution is 1.71. The Hall–Kier alpha value is -1.12. The van der Waals surface area contributed by atoms with Crippen LogP contribution in [0.4, 0.5) is 0 Å². The molecule has 56 valence electrons. The van der Waals surface area contributed by atoms with Gasteiger partial charge in [-0.15, -0.1) is 0 Å². The van der Waals surface area contributed by atoms with E-state index in [9.17, 15) is 4.79 Å². The lowest BCUT2D eigenvalue weighted by Gasteiger charge is -1.71. The third kappa shape index (κ3) is 6.88. The van der Waals surface area contributed by atoms with E-state index in [0.29, 0.717) is 6.42 Å². The van der Waals surface area contributed by atoms with Crippen LogP contribution in [0.5, 0.6) is 0 Å². The van der Waals surface area contributed by atoms with Gasteiger partial charge in [0.25, 0.3) is 0 Å². The van der Waals surface area contributed by atoms with Crippen LogP contribution in [0.2, 0.25) is 0 Å². The summed E-state index contributed by atoms with van der Waals surface area (Å²) >= 11 is 0. The Kier molecular flexibility index (Phi) is 5.33. The van der Waals surface area contributed by atoms with E-state index in [0.717, 1.165) is 0 Å². The Morgan fingerprint density at radius 3 is 2.40 bits per heavy atom. The number of carbonyl (C=O) groups excluding carboxylic acids is 1. The Morgan fingerprint density at radius 2 is 2.30 bits per heavy atom. The van der Waals surface area contributed by atoms with Gasteiger partial charge in [0.15, 0.2) is 0 Å². The summed E-state index contributed by atoms with van der Waals surface area (Å²) in [5.74, 6) is 0.255. The zero-order chi connectivity index (χ0) is 7.82. The number of imidazole rings is 1. The van der Waals surface area contributed by atoms with Gasteiger partial charge in [0.2, 0.25) is 0 Å². The van der Waals surface area contributed by atoms with Crippen LogP contribution in [-0.4, -0.2) is 15.8 Å². The molecule has 1 heterocycles. The average Bonchev–Trinajstić information content (AvgIpc) is 2.43. The van der Waals surface area contributed by atoms with Crippen molar-refractivity contribution in [3.05, 3.63) is 18.7 Å². The maximum absolute atomic E-state index is 9.81. The van der Waals surface area contributed by atoms with Crippen molar-refractivity contribution in [2.75, 3.05) is 0 Å². The molecule has 1 aromatic heterocycles. The molecule has 0 bridgehead atoms. The third-order valence-electron chi connectivity index (χ3n) is 0.904. The van der Waals surface area contributed by atoms with E-state index in [1.807, 2.05) is 6.92 Å². The van der Waals surface area contributed by atoms with Gasteiger partial charge in [-0.3, -0.25) is 0 Å². The summed E-state index contributed by atoms with van der Waals surface area (Å²) in [5, 5.41) is 0. The number of rotatable bonds is 1. The first-order chi connectivity index (χ1) is 4.77. The van der Waals surface area contributed by atoms with Crippen LogP contribution in [0.15, 0.2) is 18.7 Å². The van der Waals surface area contributed by atoms with Crippen molar-refractivity contribution in [1.29, 1.82) is 0 Å². The van der Waals surface area contributed by atoms with E-state index in [-0.39, 0.29) is 5.78 Å². The van der Waals surface area contributed by atoms with Crippen molar-refractivity contribution in [2.24, 2.45) is 0 Å². The molecular formula is C7H12N2O. The van der Waals surface area contributed by atoms with E-state index in [1.165, 1.54) is 0 Å². The van der Waals surface area contributed by atoms with Gasteiger partial charge in [0, 0.05) is 18.8 Å². The number of aromatic nitrogens is 2. The topological polar surface area (TPSA) is 45.8 Å². The first-order valence-electron chi connectivity index (χ1n) is 3.19. The number of aromatic amines is 1. The van der Waals surface area contributed by atoms with E-state index in [4.69, 9.17) is 0 Å². The second kappa shape index (κ2) is 6.01. The van der Waals surface area contributed by atoms with Crippen LogP contribution >= 0.6 is 0 Å². The number of nitrogens with zero attached hydrogens (tertiary/aromatic N) is 1. The summed E-state index contributed by atoms with van der Waals surface area (Å²) in [6.45, 7) is 3.43. The van der Waals surface area contributed by atoms with Gasteiger partial charge in [0.05, 0.1) is 6.33 Å². The molecule has 0 aliphatic carbocycles. The minimum atomic E-state index is 0.255. The summed E-state index contributed by atoms with van der Waals surface area (Å²) in [6, 6.07) is 0. The van der Waals surface area contributed by atoms with Gasteiger partial charge in [-0.2, -0.15) is 0 Å². The Labute approximate surface area is 60.5 Å². The molecule has 1 rings (SSSR count). The highest BCUT2D eigenvalue weighted by Gasteiger charge is 1.76. The van der Waals surface area contributed by atoms with Crippen molar-refractivity contribution in [3.8, 4) is 0 Å². The number of hydrogen-bond acceptors (Lipinski definition) is 2. The van der Waals surface area contributed by atoms with E-state index in [2.05, 4.69) is 9.97 Å². The van der Waals surface area contributed by atoms with Gasteiger partial charge in [-0.25, -0.2) is 4.98 Å². The van der Waals surface area contributed by atoms with Crippen LogP contribution in [-0.2, 0) is 4.79 Å². The van der Waals surface area contributed by atoms with Crippen molar-refractivity contribution < 1.29 is 4.79 Å². The van der Waals surface area contributed by atoms with E-state index >= 15 is 0 Å². The number of ketones is 1. The van der Waals surface area contributed by atoms with Gasteiger partial charge in [-0.1, -0.05) is 6.92 Å². The molecule has 3 heteroatoms. The molecule has 0 fully saturated rings. The third-order valence-corrected chi connectivity index (χ3v) is 0.904. The SMILES string of the molecule is CCC(C)=O.c1c[nH]cn1. The van der Waals surface area contributed by atoms with Crippen LogP contribution in [0.3, 0.4) is 0 Å². The predicted molar refractivity (Wildman–Crippen MR) is 39.6 cm³/mol. The second-order valence-electron chi connectivity index (χ2n) is 1.82. The van der Waals surface area contributed by atoms with Crippen LogP contribution in [0.25, 0.3) is 0 Å². The van der Waals surface area contributed by atoms with E-state index < -0.39 is 0 Å². The normalized spacial score (nSPS) is 7.80.